The van der Waals surface area contributed by atoms with Crippen LogP contribution < -0.4 is 0 Å². The van der Waals surface area contributed by atoms with Crippen molar-refractivity contribution in [2.75, 3.05) is 34.2 Å². The van der Waals surface area contributed by atoms with Crippen LogP contribution in [0.4, 0.5) is 0 Å². The molecule has 0 fully saturated rings. The van der Waals surface area contributed by atoms with Crippen LogP contribution in [0.3, 0.4) is 0 Å². The minimum Gasteiger partial charge on any atom is -0.481 e. The highest BCUT2D eigenvalue weighted by atomic mass is 16.4. The maximum Gasteiger partial charge on any atom is 0.303 e. The van der Waals surface area contributed by atoms with E-state index in [1.165, 1.54) is 0 Å². The molecule has 0 saturated carbocycles. The van der Waals surface area contributed by atoms with Gasteiger partial charge in [-0.1, -0.05) is 0 Å². The van der Waals surface area contributed by atoms with Crippen LogP contribution in [0.2, 0.25) is 0 Å². The number of hydrogen-bond donors (Lipinski definition) is 1. The highest BCUT2D eigenvalue weighted by Gasteiger charge is 2.09. The van der Waals surface area contributed by atoms with E-state index >= 15 is 0 Å². The number of carbonyl (C=O) groups excluding carboxylic acids is 1. The van der Waals surface area contributed by atoms with Crippen molar-refractivity contribution in [2.24, 2.45) is 0 Å². The maximum absolute atomic E-state index is 11.4. The zero-order valence-electron chi connectivity index (χ0n) is 8.99. The van der Waals surface area contributed by atoms with Gasteiger partial charge in [0.15, 0.2) is 0 Å². The van der Waals surface area contributed by atoms with E-state index in [0.717, 1.165) is 0 Å². The van der Waals surface area contributed by atoms with E-state index in [-0.39, 0.29) is 12.3 Å². The lowest BCUT2D eigenvalue weighted by molar-refractivity contribution is -0.138. The van der Waals surface area contributed by atoms with Crippen molar-refractivity contribution in [3.63, 3.8) is 0 Å². The fraction of sp³-hybridized carbons (Fsp3) is 0.778. The summed E-state index contributed by atoms with van der Waals surface area (Å²) in [5.41, 5.74) is 0. The summed E-state index contributed by atoms with van der Waals surface area (Å²) in [6.07, 6.45) is 0.616. The Morgan fingerprint density at radius 2 is 1.79 bits per heavy atom. The Morgan fingerprint density at radius 3 is 2.21 bits per heavy atom. The highest BCUT2D eigenvalue weighted by Crippen LogP contribution is 1.94. The molecule has 1 N–H and O–H groups in total. The summed E-state index contributed by atoms with van der Waals surface area (Å²) >= 11 is 0. The van der Waals surface area contributed by atoms with Crippen molar-refractivity contribution >= 4 is 11.9 Å². The molecule has 0 saturated heterocycles. The lowest BCUT2D eigenvalue weighted by Crippen LogP contribution is -2.35. The smallest absolute Gasteiger partial charge is 0.303 e. The first-order chi connectivity index (χ1) is 6.43. The third kappa shape index (κ3) is 6.42. The molecule has 0 aromatic carbocycles. The summed E-state index contributed by atoms with van der Waals surface area (Å²) in [6, 6.07) is 0. The van der Waals surface area contributed by atoms with E-state index in [4.69, 9.17) is 5.11 Å². The molecule has 82 valence electrons. The van der Waals surface area contributed by atoms with Gasteiger partial charge in [0.1, 0.15) is 0 Å². The summed E-state index contributed by atoms with van der Waals surface area (Å²) in [5.74, 6) is -0.807. The van der Waals surface area contributed by atoms with Gasteiger partial charge in [-0.3, -0.25) is 9.59 Å². The Kier molecular flexibility index (Phi) is 5.87. The lowest BCUT2D eigenvalue weighted by Gasteiger charge is -2.18. The zero-order chi connectivity index (χ0) is 11.1. The molecule has 0 aliphatic carbocycles. The number of likely N-dealkylation sites (N-methyl/N-ethyl adjacent to an activating group) is 2. The van der Waals surface area contributed by atoms with E-state index in [2.05, 4.69) is 0 Å². The maximum atomic E-state index is 11.4. The number of carbonyl (C=O) groups is 2. The topological polar surface area (TPSA) is 60.9 Å². The van der Waals surface area contributed by atoms with Crippen LogP contribution in [-0.4, -0.2) is 61.0 Å². The molecule has 5 heteroatoms. The van der Waals surface area contributed by atoms with Crippen LogP contribution in [0.1, 0.15) is 12.8 Å². The molecule has 0 heterocycles. The van der Waals surface area contributed by atoms with Gasteiger partial charge in [0.25, 0.3) is 0 Å². The SMILES string of the molecule is CN(C)CC(=O)N(C)CCCC(=O)O. The lowest BCUT2D eigenvalue weighted by atomic mass is 10.3. The Bertz CT molecular complexity index is 204. The normalized spacial score (nSPS) is 10.3. The van der Waals surface area contributed by atoms with Gasteiger partial charge in [-0.05, 0) is 20.5 Å². The van der Waals surface area contributed by atoms with E-state index in [9.17, 15) is 9.59 Å². The van der Waals surface area contributed by atoms with E-state index < -0.39 is 5.97 Å². The molecule has 0 aliphatic heterocycles. The van der Waals surface area contributed by atoms with Gasteiger partial charge in [0, 0.05) is 20.0 Å². The summed E-state index contributed by atoms with van der Waals surface area (Å²) in [5, 5.41) is 8.40. The van der Waals surface area contributed by atoms with Gasteiger partial charge in [0.05, 0.1) is 6.54 Å². The Balaban J connectivity index is 3.67. The molecule has 0 unspecified atom stereocenters. The van der Waals surface area contributed by atoms with Crippen LogP contribution in [0.25, 0.3) is 0 Å². The number of carboxylic acid groups (broad SMARTS) is 1. The molecule has 0 spiro atoms. The summed E-state index contributed by atoms with van der Waals surface area (Å²) < 4.78 is 0. The molecule has 1 amide bonds. The van der Waals surface area contributed by atoms with Crippen molar-refractivity contribution in [3.05, 3.63) is 0 Å². The van der Waals surface area contributed by atoms with Gasteiger partial charge in [0.2, 0.25) is 5.91 Å². The predicted octanol–water partition coefficient (Wildman–Crippen LogP) is -0.129. The summed E-state index contributed by atoms with van der Waals surface area (Å²) in [7, 11) is 5.33. The summed E-state index contributed by atoms with van der Waals surface area (Å²) in [6.45, 7) is 0.864. The molecule has 14 heavy (non-hydrogen) atoms. The molecule has 0 radical (unpaired) electrons. The highest BCUT2D eigenvalue weighted by molar-refractivity contribution is 5.77. The molecule has 5 nitrogen and oxygen atoms in total. The Labute approximate surface area is 84.3 Å². The number of rotatable bonds is 6. The molecule has 0 aromatic rings. The number of nitrogens with zero attached hydrogens (tertiary/aromatic N) is 2. The first-order valence-electron chi connectivity index (χ1n) is 4.54. The van der Waals surface area contributed by atoms with Crippen LogP contribution in [0.15, 0.2) is 0 Å². The first-order valence-corrected chi connectivity index (χ1v) is 4.54. The van der Waals surface area contributed by atoms with Crippen molar-refractivity contribution in [1.82, 2.24) is 9.80 Å². The van der Waals surface area contributed by atoms with Crippen LogP contribution >= 0.6 is 0 Å². The second-order valence-corrected chi connectivity index (χ2v) is 3.55. The Morgan fingerprint density at radius 1 is 1.21 bits per heavy atom. The van der Waals surface area contributed by atoms with E-state index in [0.29, 0.717) is 19.5 Å². The molecule has 0 atom stereocenters. The van der Waals surface area contributed by atoms with Crippen LogP contribution in [0.5, 0.6) is 0 Å². The van der Waals surface area contributed by atoms with Crippen LogP contribution in [0, 0.1) is 0 Å². The molecule has 0 aliphatic rings. The first kappa shape index (κ1) is 12.9. The van der Waals surface area contributed by atoms with Crippen LogP contribution in [-0.2, 0) is 9.59 Å². The number of carboxylic acids is 1. The third-order valence-corrected chi connectivity index (χ3v) is 1.76. The third-order valence-electron chi connectivity index (χ3n) is 1.76. The van der Waals surface area contributed by atoms with Crippen molar-refractivity contribution < 1.29 is 14.7 Å². The molecule has 0 bridgehead atoms. The minimum absolute atomic E-state index is 0.0142. The van der Waals surface area contributed by atoms with Gasteiger partial charge in [-0.15, -0.1) is 0 Å². The summed E-state index contributed by atoms with van der Waals surface area (Å²) in [4.78, 5) is 24.9. The van der Waals surface area contributed by atoms with E-state index in [1.807, 2.05) is 14.1 Å². The average molecular weight is 202 g/mol. The number of amides is 1. The largest absolute Gasteiger partial charge is 0.481 e. The van der Waals surface area contributed by atoms with Crippen molar-refractivity contribution in [1.29, 1.82) is 0 Å². The molecular weight excluding hydrogens is 184 g/mol. The number of hydrogen-bond acceptors (Lipinski definition) is 3. The van der Waals surface area contributed by atoms with Gasteiger partial charge in [-0.25, -0.2) is 0 Å². The second kappa shape index (κ2) is 6.37. The average Bonchev–Trinajstić information content (AvgIpc) is 2.01. The van der Waals surface area contributed by atoms with Gasteiger partial charge in [-0.2, -0.15) is 0 Å². The quantitative estimate of drug-likeness (QED) is 0.652. The van der Waals surface area contributed by atoms with Crippen molar-refractivity contribution in [2.45, 2.75) is 12.8 Å². The predicted molar refractivity (Wildman–Crippen MR) is 53.1 cm³/mol. The Hall–Kier alpha value is -1.10. The fourth-order valence-corrected chi connectivity index (χ4v) is 0.983. The molecular formula is C9H18N2O3. The fourth-order valence-electron chi connectivity index (χ4n) is 0.983. The van der Waals surface area contributed by atoms with Gasteiger partial charge < -0.3 is 14.9 Å². The van der Waals surface area contributed by atoms with Gasteiger partial charge >= 0.3 is 5.97 Å². The standard InChI is InChI=1S/C9H18N2O3/c1-10(2)7-8(12)11(3)6-4-5-9(13)14/h4-7H2,1-3H3,(H,13,14). The monoisotopic (exact) mass is 202 g/mol. The number of aliphatic carboxylic acids is 1. The molecule has 0 rings (SSSR count). The second-order valence-electron chi connectivity index (χ2n) is 3.55. The van der Waals surface area contributed by atoms with Crippen molar-refractivity contribution in [3.8, 4) is 0 Å². The minimum atomic E-state index is -0.821. The molecule has 0 aromatic heterocycles. The van der Waals surface area contributed by atoms with E-state index in [1.54, 1.807) is 16.8 Å². The zero-order valence-corrected chi connectivity index (χ0v) is 8.99.